The van der Waals surface area contributed by atoms with Crippen LogP contribution in [-0.2, 0) is 4.79 Å². The van der Waals surface area contributed by atoms with Crippen molar-refractivity contribution in [3.8, 4) is 5.69 Å². The molecule has 4 rings (SSSR count). The van der Waals surface area contributed by atoms with Gasteiger partial charge in [0.25, 0.3) is 5.91 Å². The summed E-state index contributed by atoms with van der Waals surface area (Å²) in [5.41, 5.74) is 3.44. The first-order chi connectivity index (χ1) is 16.1. The van der Waals surface area contributed by atoms with Gasteiger partial charge >= 0.3 is 0 Å². The minimum absolute atomic E-state index is 0.136. The smallest absolute Gasteiger partial charge is 0.251 e. The molecule has 0 radical (unpaired) electrons. The van der Waals surface area contributed by atoms with Crippen molar-refractivity contribution in [3.05, 3.63) is 120 Å². The minimum atomic E-state index is -0.435. The third-order valence-electron chi connectivity index (χ3n) is 5.51. The number of nitrogens with zero attached hydrogens (tertiary/aromatic N) is 2. The van der Waals surface area contributed by atoms with Gasteiger partial charge in [-0.25, -0.2) is 4.98 Å². The van der Waals surface area contributed by atoms with E-state index in [2.05, 4.69) is 15.6 Å². The summed E-state index contributed by atoms with van der Waals surface area (Å²) in [6.07, 6.45) is 5.50. The van der Waals surface area contributed by atoms with Crippen LogP contribution in [0, 0.1) is 0 Å². The van der Waals surface area contributed by atoms with E-state index in [4.69, 9.17) is 0 Å². The summed E-state index contributed by atoms with van der Waals surface area (Å²) < 4.78 is 1.92. The van der Waals surface area contributed by atoms with Gasteiger partial charge in [-0.15, -0.1) is 0 Å². The van der Waals surface area contributed by atoms with Crippen LogP contribution < -0.4 is 10.6 Å². The normalized spacial score (nSPS) is 12.5. The Balaban J connectivity index is 1.42. The lowest BCUT2D eigenvalue weighted by molar-refractivity contribution is -0.122. The van der Waals surface area contributed by atoms with Crippen LogP contribution in [0.4, 0.5) is 0 Å². The minimum Gasteiger partial charge on any atom is -0.350 e. The fourth-order valence-corrected chi connectivity index (χ4v) is 3.68. The summed E-state index contributed by atoms with van der Waals surface area (Å²) in [4.78, 5) is 29.7. The van der Waals surface area contributed by atoms with Crippen molar-refractivity contribution in [1.29, 1.82) is 0 Å². The van der Waals surface area contributed by atoms with E-state index in [1.807, 2.05) is 90.5 Å². The molecule has 166 valence electrons. The molecule has 2 amide bonds. The van der Waals surface area contributed by atoms with Crippen LogP contribution in [0.2, 0.25) is 0 Å². The maximum absolute atomic E-state index is 12.9. The second-order valence-electron chi connectivity index (χ2n) is 7.86. The number of carbonyl (C=O) groups excluding carboxylic acids is 2. The van der Waals surface area contributed by atoms with E-state index in [1.165, 1.54) is 0 Å². The highest BCUT2D eigenvalue weighted by Gasteiger charge is 2.20. The molecule has 0 aliphatic heterocycles. The van der Waals surface area contributed by atoms with Crippen LogP contribution in [-0.4, -0.2) is 21.4 Å². The Morgan fingerprint density at radius 3 is 2.15 bits per heavy atom. The van der Waals surface area contributed by atoms with E-state index in [-0.39, 0.29) is 24.3 Å². The highest BCUT2D eigenvalue weighted by atomic mass is 16.2. The Hall–Kier alpha value is -4.19. The quantitative estimate of drug-likeness (QED) is 0.422. The van der Waals surface area contributed by atoms with Crippen LogP contribution in [0.25, 0.3) is 5.69 Å². The second-order valence-corrected chi connectivity index (χ2v) is 7.86. The molecule has 0 unspecified atom stereocenters. The van der Waals surface area contributed by atoms with E-state index in [9.17, 15) is 9.59 Å². The number of amides is 2. The van der Waals surface area contributed by atoms with Crippen molar-refractivity contribution in [2.24, 2.45) is 0 Å². The highest BCUT2D eigenvalue weighted by Crippen LogP contribution is 2.20. The van der Waals surface area contributed by atoms with Gasteiger partial charge in [-0.05, 0) is 42.3 Å². The molecule has 3 aromatic carbocycles. The molecule has 0 saturated carbocycles. The first-order valence-corrected chi connectivity index (χ1v) is 10.9. The zero-order valence-electron chi connectivity index (χ0n) is 18.4. The standard InChI is InChI=1S/C27H26N4O2/c1-20(21-12-14-24(15-13-21)31-17-16-28-19-31)29-26(32)18-25(22-8-4-2-5-9-22)30-27(33)23-10-6-3-7-11-23/h2-17,19-20,25H,18H2,1H3,(H,29,32)(H,30,33)/t20-,25+/m0/s1. The Morgan fingerprint density at radius 2 is 1.52 bits per heavy atom. The average Bonchev–Trinajstić information content (AvgIpc) is 3.40. The molecule has 6 nitrogen and oxygen atoms in total. The van der Waals surface area contributed by atoms with E-state index in [1.54, 1.807) is 24.7 Å². The summed E-state index contributed by atoms with van der Waals surface area (Å²) in [5, 5.41) is 6.06. The van der Waals surface area contributed by atoms with Crippen LogP contribution in [0.5, 0.6) is 0 Å². The number of carbonyl (C=O) groups is 2. The lowest BCUT2D eigenvalue weighted by Crippen LogP contribution is -2.34. The molecular weight excluding hydrogens is 412 g/mol. The molecule has 2 atom stereocenters. The van der Waals surface area contributed by atoms with Gasteiger partial charge in [-0.1, -0.05) is 60.7 Å². The molecule has 0 spiro atoms. The lowest BCUT2D eigenvalue weighted by Gasteiger charge is -2.21. The first kappa shape index (κ1) is 22.0. The van der Waals surface area contributed by atoms with E-state index in [0.717, 1.165) is 16.8 Å². The Morgan fingerprint density at radius 1 is 0.848 bits per heavy atom. The topological polar surface area (TPSA) is 76.0 Å². The molecule has 0 aliphatic carbocycles. The van der Waals surface area contributed by atoms with Crippen molar-refractivity contribution < 1.29 is 9.59 Å². The molecular formula is C27H26N4O2. The molecule has 1 aromatic heterocycles. The molecule has 2 N–H and O–H groups in total. The van der Waals surface area contributed by atoms with Gasteiger partial charge in [-0.3, -0.25) is 9.59 Å². The molecule has 0 saturated heterocycles. The molecule has 0 aliphatic rings. The molecule has 6 heteroatoms. The SMILES string of the molecule is C[C@H](NC(=O)C[C@@H](NC(=O)c1ccccc1)c1ccccc1)c1ccc(-n2ccnc2)cc1. The fourth-order valence-electron chi connectivity index (χ4n) is 3.68. The predicted octanol–water partition coefficient (Wildman–Crippen LogP) is 4.61. The van der Waals surface area contributed by atoms with E-state index >= 15 is 0 Å². The number of nitrogens with one attached hydrogen (secondary N) is 2. The number of aromatic nitrogens is 2. The molecule has 4 aromatic rings. The highest BCUT2D eigenvalue weighted by molar-refractivity contribution is 5.94. The number of imidazole rings is 1. The summed E-state index contributed by atoms with van der Waals surface area (Å²) in [6.45, 7) is 1.95. The number of hydrogen-bond donors (Lipinski definition) is 2. The van der Waals surface area contributed by atoms with Crippen molar-refractivity contribution in [2.75, 3.05) is 0 Å². The van der Waals surface area contributed by atoms with E-state index in [0.29, 0.717) is 5.56 Å². The monoisotopic (exact) mass is 438 g/mol. The van der Waals surface area contributed by atoms with Crippen LogP contribution in [0.15, 0.2) is 104 Å². The van der Waals surface area contributed by atoms with Crippen LogP contribution >= 0.6 is 0 Å². The summed E-state index contributed by atoms with van der Waals surface area (Å²) in [6, 6.07) is 25.9. The van der Waals surface area contributed by atoms with E-state index < -0.39 is 6.04 Å². The van der Waals surface area contributed by atoms with Crippen LogP contribution in [0.1, 0.15) is 46.9 Å². The fraction of sp³-hybridized carbons (Fsp3) is 0.148. The number of benzene rings is 3. The van der Waals surface area contributed by atoms with Gasteiger partial charge in [0.2, 0.25) is 5.91 Å². The average molecular weight is 439 g/mol. The predicted molar refractivity (Wildman–Crippen MR) is 128 cm³/mol. The van der Waals surface area contributed by atoms with Gasteiger partial charge in [0, 0.05) is 23.6 Å². The van der Waals surface area contributed by atoms with Gasteiger partial charge in [0.15, 0.2) is 0 Å². The van der Waals surface area contributed by atoms with Crippen molar-refractivity contribution in [1.82, 2.24) is 20.2 Å². The second kappa shape index (κ2) is 10.4. The largest absolute Gasteiger partial charge is 0.350 e. The summed E-state index contributed by atoms with van der Waals surface area (Å²) in [7, 11) is 0. The maximum Gasteiger partial charge on any atom is 0.251 e. The Bertz CT molecular complexity index is 1170. The van der Waals surface area contributed by atoms with Gasteiger partial charge in [0.1, 0.15) is 0 Å². The van der Waals surface area contributed by atoms with Gasteiger partial charge in [0.05, 0.1) is 24.8 Å². The van der Waals surface area contributed by atoms with Crippen molar-refractivity contribution in [3.63, 3.8) is 0 Å². The third kappa shape index (κ3) is 5.74. The van der Waals surface area contributed by atoms with Crippen molar-refractivity contribution in [2.45, 2.75) is 25.4 Å². The van der Waals surface area contributed by atoms with Gasteiger partial charge < -0.3 is 15.2 Å². The third-order valence-corrected chi connectivity index (χ3v) is 5.51. The zero-order valence-corrected chi connectivity index (χ0v) is 18.4. The maximum atomic E-state index is 12.9. The first-order valence-electron chi connectivity index (χ1n) is 10.9. The molecule has 33 heavy (non-hydrogen) atoms. The van der Waals surface area contributed by atoms with Gasteiger partial charge in [-0.2, -0.15) is 0 Å². The lowest BCUT2D eigenvalue weighted by atomic mass is 10.0. The Kier molecular flexibility index (Phi) is 6.95. The van der Waals surface area contributed by atoms with Crippen LogP contribution in [0.3, 0.4) is 0 Å². The zero-order chi connectivity index (χ0) is 23.0. The number of hydrogen-bond acceptors (Lipinski definition) is 3. The molecule has 1 heterocycles. The van der Waals surface area contributed by atoms with Crippen molar-refractivity contribution >= 4 is 11.8 Å². The number of rotatable bonds is 8. The summed E-state index contributed by atoms with van der Waals surface area (Å²) in [5.74, 6) is -0.344. The Labute approximate surface area is 193 Å². The molecule has 0 fully saturated rings. The summed E-state index contributed by atoms with van der Waals surface area (Å²) >= 11 is 0. The molecule has 0 bridgehead atoms.